The quantitative estimate of drug-likeness (QED) is 0.173. The predicted molar refractivity (Wildman–Crippen MR) is 218 cm³/mol. The van der Waals surface area contributed by atoms with Crippen LogP contribution >= 0.6 is 0 Å². The monoisotopic (exact) mass is 686 g/mol. The summed E-state index contributed by atoms with van der Waals surface area (Å²) in [5.41, 5.74) is 12.6. The van der Waals surface area contributed by atoms with Gasteiger partial charge in [-0.25, -0.2) is 4.39 Å². The van der Waals surface area contributed by atoms with Gasteiger partial charge in [0.15, 0.2) is 0 Å². The Balaban J connectivity index is 1.11. The summed E-state index contributed by atoms with van der Waals surface area (Å²) >= 11 is 0. The fourth-order valence-corrected chi connectivity index (χ4v) is 7.30. The zero-order valence-corrected chi connectivity index (χ0v) is 29.0. The maximum atomic E-state index is 13.8. The van der Waals surface area contributed by atoms with Crippen molar-refractivity contribution in [2.24, 2.45) is 0 Å². The number of anilines is 2. The van der Waals surface area contributed by atoms with Gasteiger partial charge in [0, 0.05) is 33.4 Å². The van der Waals surface area contributed by atoms with Crippen LogP contribution in [-0.4, -0.2) is 11.2 Å². The highest BCUT2D eigenvalue weighted by Crippen LogP contribution is 2.38. The van der Waals surface area contributed by atoms with Crippen molar-refractivity contribution in [3.05, 3.63) is 212 Å². The number of nitrogens with zero attached hydrogens (tertiary/aromatic N) is 2. The van der Waals surface area contributed by atoms with Gasteiger partial charge in [0.25, 0.3) is 0 Å². The fourth-order valence-electron chi connectivity index (χ4n) is 7.30. The summed E-state index contributed by atoms with van der Waals surface area (Å²) in [6, 6.07) is 57.6. The van der Waals surface area contributed by atoms with Gasteiger partial charge in [-0.1, -0.05) is 116 Å². The Hall–Kier alpha value is -6.91. The molecule has 8 aromatic rings. The lowest BCUT2D eigenvalue weighted by molar-refractivity contribution is 0.349. The molecule has 1 aromatic heterocycles. The lowest BCUT2D eigenvalue weighted by Gasteiger charge is -2.28. The van der Waals surface area contributed by atoms with Crippen LogP contribution in [0.1, 0.15) is 5.56 Å². The molecule has 7 aromatic carbocycles. The van der Waals surface area contributed by atoms with Gasteiger partial charge in [-0.2, -0.15) is 0 Å². The van der Waals surface area contributed by atoms with E-state index in [0.29, 0.717) is 6.61 Å². The van der Waals surface area contributed by atoms with E-state index in [0.717, 1.165) is 78.1 Å². The van der Waals surface area contributed by atoms with E-state index in [1.165, 1.54) is 17.7 Å². The second-order valence-corrected chi connectivity index (χ2v) is 13.2. The molecule has 0 amide bonds. The van der Waals surface area contributed by atoms with Crippen molar-refractivity contribution in [2.75, 3.05) is 11.5 Å². The molecule has 9 rings (SSSR count). The minimum Gasteiger partial charge on any atom is -0.487 e. The maximum absolute atomic E-state index is 13.8. The van der Waals surface area contributed by atoms with Gasteiger partial charge in [0.1, 0.15) is 18.2 Å². The van der Waals surface area contributed by atoms with E-state index in [1.54, 1.807) is 0 Å². The van der Waals surface area contributed by atoms with Crippen molar-refractivity contribution in [2.45, 2.75) is 0 Å². The molecule has 0 bridgehead atoms. The number of ether oxygens (including phenoxy) is 1. The topological polar surface area (TPSA) is 17.4 Å². The standard InChI is InChI=1S/C49H35FN2O/c1-34-10-9-13-43(33-53-49-17-8-6-14-44(34)49)51(40-25-18-36(19-26-40)35-11-3-2-4-12-35)41-27-20-37(21-28-41)38-22-31-48-46(32-38)45-15-5-7-16-47(45)52(48)42-29-23-39(50)24-30-42/h2-32H,1,33H2/b10-9-,43-13+. The Morgan fingerprint density at radius 2 is 1.17 bits per heavy atom. The summed E-state index contributed by atoms with van der Waals surface area (Å²) in [6.45, 7) is 4.66. The van der Waals surface area contributed by atoms with Crippen LogP contribution in [0, 0.1) is 5.82 Å². The van der Waals surface area contributed by atoms with Crippen molar-refractivity contribution >= 4 is 38.8 Å². The van der Waals surface area contributed by atoms with Crippen LogP contribution in [0.4, 0.5) is 15.8 Å². The van der Waals surface area contributed by atoms with Gasteiger partial charge in [-0.05, 0) is 107 Å². The molecule has 1 aliphatic rings. The fraction of sp³-hybridized carbons (Fsp3) is 0.0204. The molecule has 53 heavy (non-hydrogen) atoms. The molecule has 3 nitrogen and oxygen atoms in total. The molecular weight excluding hydrogens is 652 g/mol. The number of rotatable bonds is 6. The highest BCUT2D eigenvalue weighted by molar-refractivity contribution is 6.10. The van der Waals surface area contributed by atoms with Crippen molar-refractivity contribution in [3.8, 4) is 33.7 Å². The molecule has 0 unspecified atom stereocenters. The highest BCUT2D eigenvalue weighted by atomic mass is 19.1. The smallest absolute Gasteiger partial charge is 0.129 e. The summed E-state index contributed by atoms with van der Waals surface area (Å²) in [5, 5.41) is 2.30. The number of allylic oxidation sites excluding steroid dienone is 4. The molecule has 4 heteroatoms. The second-order valence-electron chi connectivity index (χ2n) is 13.2. The van der Waals surface area contributed by atoms with E-state index in [2.05, 4.69) is 137 Å². The van der Waals surface area contributed by atoms with Crippen LogP contribution < -0.4 is 9.64 Å². The van der Waals surface area contributed by atoms with Crippen LogP contribution in [0.3, 0.4) is 0 Å². The Kier molecular flexibility index (Phi) is 8.26. The molecule has 1 aliphatic heterocycles. The normalized spacial score (nSPS) is 14.4. The third-order valence-electron chi connectivity index (χ3n) is 9.93. The SMILES string of the molecule is C=C1/C=C\C=C(\N(c2ccc(-c3ccccc3)cc2)c2ccc(-c3ccc4c(c3)c3ccccc3n4-c3ccc(F)cc3)cc2)COc2ccccc21. The molecule has 0 aliphatic carbocycles. The number of hydrogen-bond acceptors (Lipinski definition) is 2. The molecule has 2 heterocycles. The molecule has 0 saturated heterocycles. The van der Waals surface area contributed by atoms with Gasteiger partial charge in [0.05, 0.1) is 16.7 Å². The number of halogens is 1. The first kappa shape index (κ1) is 32.0. The minimum absolute atomic E-state index is 0.246. The summed E-state index contributed by atoms with van der Waals surface area (Å²) < 4.78 is 22.5. The van der Waals surface area contributed by atoms with E-state index in [4.69, 9.17) is 4.74 Å². The molecule has 254 valence electrons. The zero-order chi connectivity index (χ0) is 35.7. The average Bonchev–Trinajstić information content (AvgIpc) is 3.57. The summed E-state index contributed by atoms with van der Waals surface area (Å²) in [6.07, 6.45) is 6.21. The number of aromatic nitrogens is 1. The number of benzene rings is 7. The number of hydrogen-bond donors (Lipinski definition) is 0. The van der Waals surface area contributed by atoms with Gasteiger partial charge in [0.2, 0.25) is 0 Å². The van der Waals surface area contributed by atoms with Crippen LogP contribution in [0.2, 0.25) is 0 Å². The molecule has 0 spiro atoms. The van der Waals surface area contributed by atoms with Crippen molar-refractivity contribution in [1.29, 1.82) is 0 Å². The predicted octanol–water partition coefficient (Wildman–Crippen LogP) is 12.9. The summed E-state index contributed by atoms with van der Waals surface area (Å²) in [7, 11) is 0. The Morgan fingerprint density at radius 1 is 0.566 bits per heavy atom. The first-order valence-corrected chi connectivity index (χ1v) is 17.7. The maximum Gasteiger partial charge on any atom is 0.129 e. The number of para-hydroxylation sites is 2. The number of fused-ring (bicyclic) bond motifs is 4. The van der Waals surface area contributed by atoms with Crippen molar-refractivity contribution in [1.82, 2.24) is 4.57 Å². The van der Waals surface area contributed by atoms with Crippen molar-refractivity contribution in [3.63, 3.8) is 0 Å². The molecule has 0 N–H and O–H groups in total. The van der Waals surface area contributed by atoms with Crippen LogP contribution in [0.25, 0.3) is 55.3 Å². The Bertz CT molecular complexity index is 2670. The van der Waals surface area contributed by atoms with E-state index >= 15 is 0 Å². The van der Waals surface area contributed by atoms with Crippen molar-refractivity contribution < 1.29 is 9.13 Å². The second kappa shape index (κ2) is 13.7. The minimum atomic E-state index is -0.246. The lowest BCUT2D eigenvalue weighted by atomic mass is 10.0. The zero-order valence-electron chi connectivity index (χ0n) is 29.0. The van der Waals surface area contributed by atoms with E-state index in [9.17, 15) is 4.39 Å². The Labute approximate surface area is 308 Å². The molecular formula is C49H35FN2O. The van der Waals surface area contributed by atoms with E-state index in [-0.39, 0.29) is 5.82 Å². The first-order chi connectivity index (χ1) is 26.1. The van der Waals surface area contributed by atoms with Crippen LogP contribution in [-0.2, 0) is 0 Å². The van der Waals surface area contributed by atoms with Crippen LogP contribution in [0.5, 0.6) is 5.75 Å². The van der Waals surface area contributed by atoms with Gasteiger partial charge in [-0.15, -0.1) is 0 Å². The third kappa shape index (κ3) is 6.11. The molecule has 0 saturated carbocycles. The van der Waals surface area contributed by atoms with E-state index < -0.39 is 0 Å². The Morgan fingerprint density at radius 3 is 1.92 bits per heavy atom. The third-order valence-corrected chi connectivity index (χ3v) is 9.93. The van der Waals surface area contributed by atoms with Gasteiger partial charge >= 0.3 is 0 Å². The lowest BCUT2D eigenvalue weighted by Crippen LogP contribution is -2.21. The van der Waals surface area contributed by atoms with Gasteiger partial charge in [-0.3, -0.25) is 0 Å². The highest BCUT2D eigenvalue weighted by Gasteiger charge is 2.19. The van der Waals surface area contributed by atoms with Gasteiger partial charge < -0.3 is 14.2 Å². The largest absolute Gasteiger partial charge is 0.487 e. The van der Waals surface area contributed by atoms with Crippen LogP contribution in [0.15, 0.2) is 200 Å². The molecule has 0 fully saturated rings. The first-order valence-electron chi connectivity index (χ1n) is 17.7. The molecule has 0 radical (unpaired) electrons. The summed E-state index contributed by atoms with van der Waals surface area (Å²) in [5.74, 6) is 0.561. The average molecular weight is 687 g/mol. The molecule has 0 atom stereocenters. The summed E-state index contributed by atoms with van der Waals surface area (Å²) in [4.78, 5) is 2.26. The van der Waals surface area contributed by atoms with E-state index in [1.807, 2.05) is 54.6 Å².